The minimum atomic E-state index is -0.0495. The average molecular weight is 362 g/mol. The summed E-state index contributed by atoms with van der Waals surface area (Å²) in [4.78, 5) is 12.2. The van der Waals surface area contributed by atoms with E-state index in [1.54, 1.807) is 16.8 Å². The van der Waals surface area contributed by atoms with Gasteiger partial charge in [0.1, 0.15) is 5.82 Å². The summed E-state index contributed by atoms with van der Waals surface area (Å²) < 4.78 is 1.70. The maximum absolute atomic E-state index is 12.2. The summed E-state index contributed by atoms with van der Waals surface area (Å²) in [6.07, 6.45) is 3.27. The number of benzene rings is 2. The molecule has 0 aliphatic heterocycles. The number of hydrogen-bond donors (Lipinski definition) is 2. The van der Waals surface area contributed by atoms with Crippen molar-refractivity contribution >= 4 is 11.7 Å². The van der Waals surface area contributed by atoms with Crippen LogP contribution >= 0.6 is 0 Å². The lowest BCUT2D eigenvalue weighted by Crippen LogP contribution is -2.24. The van der Waals surface area contributed by atoms with E-state index in [4.69, 9.17) is 5.73 Å². The fourth-order valence-corrected chi connectivity index (χ4v) is 2.98. The number of unbranched alkanes of at least 4 members (excludes halogenated alkanes) is 2. The number of carbonyl (C=O) groups is 1. The molecule has 3 aromatic rings. The van der Waals surface area contributed by atoms with E-state index in [-0.39, 0.29) is 5.91 Å². The molecule has 5 heteroatoms. The number of amides is 1. The molecule has 0 saturated heterocycles. The normalized spacial score (nSPS) is 10.7. The summed E-state index contributed by atoms with van der Waals surface area (Å²) in [6, 6.07) is 17.4. The lowest BCUT2D eigenvalue weighted by atomic mass is 10.1. The van der Waals surface area contributed by atoms with Gasteiger partial charge >= 0.3 is 0 Å². The Labute approximate surface area is 160 Å². The third-order valence-corrected chi connectivity index (χ3v) is 4.49. The van der Waals surface area contributed by atoms with Crippen LogP contribution in [0.25, 0.3) is 16.9 Å². The number of nitrogens with zero attached hydrogens (tertiary/aromatic N) is 2. The van der Waals surface area contributed by atoms with E-state index < -0.39 is 0 Å². The molecule has 0 fully saturated rings. The van der Waals surface area contributed by atoms with Gasteiger partial charge in [0, 0.05) is 23.7 Å². The molecule has 0 radical (unpaired) electrons. The summed E-state index contributed by atoms with van der Waals surface area (Å²) in [7, 11) is 0. The predicted octanol–water partition coefficient (Wildman–Crippen LogP) is 4.35. The number of rotatable bonds is 7. The van der Waals surface area contributed by atoms with Gasteiger partial charge in [0.2, 0.25) is 0 Å². The minimum absolute atomic E-state index is 0.0495. The predicted molar refractivity (Wildman–Crippen MR) is 110 cm³/mol. The highest BCUT2D eigenvalue weighted by atomic mass is 16.1. The Bertz CT molecular complexity index is 912. The number of anilines is 1. The molecule has 0 unspecified atom stereocenters. The van der Waals surface area contributed by atoms with Crippen molar-refractivity contribution in [3.05, 3.63) is 65.7 Å². The minimum Gasteiger partial charge on any atom is -0.384 e. The quantitative estimate of drug-likeness (QED) is 0.614. The standard InChI is InChI=1S/C22H26N4O/c1-3-4-5-13-24-22(27)17-9-11-19(12-10-17)26-21(23)15-20(25-26)18-8-6-7-16(2)14-18/h6-12,14-15H,3-5,13,23H2,1-2H3,(H,24,27). The first kappa shape index (κ1) is 18.7. The molecule has 2 aromatic carbocycles. The van der Waals surface area contributed by atoms with Gasteiger partial charge in [0.25, 0.3) is 5.91 Å². The topological polar surface area (TPSA) is 72.9 Å². The number of hydrogen-bond acceptors (Lipinski definition) is 3. The molecular weight excluding hydrogens is 336 g/mol. The molecule has 5 nitrogen and oxygen atoms in total. The second kappa shape index (κ2) is 8.54. The zero-order chi connectivity index (χ0) is 19.2. The van der Waals surface area contributed by atoms with Crippen molar-refractivity contribution in [2.45, 2.75) is 33.1 Å². The monoisotopic (exact) mass is 362 g/mol. The van der Waals surface area contributed by atoms with E-state index in [9.17, 15) is 4.79 Å². The van der Waals surface area contributed by atoms with Crippen molar-refractivity contribution in [1.29, 1.82) is 0 Å². The maximum Gasteiger partial charge on any atom is 0.251 e. The van der Waals surface area contributed by atoms with E-state index in [2.05, 4.69) is 36.4 Å². The highest BCUT2D eigenvalue weighted by Gasteiger charge is 2.10. The average Bonchev–Trinajstić information content (AvgIpc) is 3.07. The van der Waals surface area contributed by atoms with Gasteiger partial charge in [-0.3, -0.25) is 4.79 Å². The Kier molecular flexibility index (Phi) is 5.91. The Balaban J connectivity index is 1.75. The van der Waals surface area contributed by atoms with Crippen LogP contribution in [0.2, 0.25) is 0 Å². The van der Waals surface area contributed by atoms with Crippen LogP contribution in [0.5, 0.6) is 0 Å². The Morgan fingerprint density at radius 3 is 2.59 bits per heavy atom. The van der Waals surface area contributed by atoms with Gasteiger partial charge in [-0.05, 0) is 43.7 Å². The van der Waals surface area contributed by atoms with Crippen LogP contribution in [0.1, 0.15) is 42.1 Å². The molecule has 0 atom stereocenters. The SMILES string of the molecule is CCCCCNC(=O)c1ccc(-n2nc(-c3cccc(C)c3)cc2N)cc1. The van der Waals surface area contributed by atoms with Crippen molar-refractivity contribution in [2.24, 2.45) is 0 Å². The zero-order valence-electron chi connectivity index (χ0n) is 15.9. The van der Waals surface area contributed by atoms with Crippen LogP contribution in [0, 0.1) is 6.92 Å². The van der Waals surface area contributed by atoms with E-state index in [0.29, 0.717) is 17.9 Å². The fourth-order valence-electron chi connectivity index (χ4n) is 2.98. The van der Waals surface area contributed by atoms with Crippen LogP contribution in [-0.4, -0.2) is 22.2 Å². The number of nitrogen functional groups attached to an aromatic ring is 1. The highest BCUT2D eigenvalue weighted by molar-refractivity contribution is 5.94. The Morgan fingerprint density at radius 1 is 1.11 bits per heavy atom. The number of nitrogens with one attached hydrogen (secondary N) is 1. The van der Waals surface area contributed by atoms with Gasteiger partial charge in [0.05, 0.1) is 11.4 Å². The first-order valence-corrected chi connectivity index (χ1v) is 9.39. The summed E-state index contributed by atoms with van der Waals surface area (Å²) >= 11 is 0. The van der Waals surface area contributed by atoms with Gasteiger partial charge in [-0.2, -0.15) is 5.10 Å². The zero-order valence-corrected chi connectivity index (χ0v) is 15.9. The fraction of sp³-hybridized carbons (Fsp3) is 0.273. The van der Waals surface area contributed by atoms with E-state index in [1.807, 2.05) is 30.3 Å². The van der Waals surface area contributed by atoms with E-state index in [1.165, 1.54) is 5.56 Å². The van der Waals surface area contributed by atoms with Gasteiger partial charge in [0.15, 0.2) is 0 Å². The Morgan fingerprint density at radius 2 is 1.89 bits per heavy atom. The molecule has 1 amide bonds. The maximum atomic E-state index is 12.2. The second-order valence-corrected chi connectivity index (χ2v) is 6.75. The second-order valence-electron chi connectivity index (χ2n) is 6.75. The lowest BCUT2D eigenvalue weighted by Gasteiger charge is -2.07. The van der Waals surface area contributed by atoms with Gasteiger partial charge in [-0.25, -0.2) is 4.68 Å². The molecule has 0 spiro atoms. The smallest absolute Gasteiger partial charge is 0.251 e. The van der Waals surface area contributed by atoms with Gasteiger partial charge < -0.3 is 11.1 Å². The van der Waals surface area contributed by atoms with Crippen molar-refractivity contribution in [1.82, 2.24) is 15.1 Å². The van der Waals surface area contributed by atoms with Crippen LogP contribution in [0.4, 0.5) is 5.82 Å². The number of aryl methyl sites for hydroxylation is 1. The molecule has 3 N–H and O–H groups in total. The summed E-state index contributed by atoms with van der Waals surface area (Å²) in [5.41, 5.74) is 10.7. The van der Waals surface area contributed by atoms with Gasteiger partial charge in [-0.1, -0.05) is 43.5 Å². The summed E-state index contributed by atoms with van der Waals surface area (Å²) in [5.74, 6) is 0.509. The molecule has 140 valence electrons. The first-order valence-electron chi connectivity index (χ1n) is 9.39. The molecule has 0 aliphatic rings. The third kappa shape index (κ3) is 4.56. The lowest BCUT2D eigenvalue weighted by molar-refractivity contribution is 0.0953. The number of carbonyl (C=O) groups excluding carboxylic acids is 1. The van der Waals surface area contributed by atoms with Crippen molar-refractivity contribution in [3.63, 3.8) is 0 Å². The highest BCUT2D eigenvalue weighted by Crippen LogP contribution is 2.23. The van der Waals surface area contributed by atoms with E-state index >= 15 is 0 Å². The number of nitrogens with two attached hydrogens (primary N) is 1. The molecule has 27 heavy (non-hydrogen) atoms. The van der Waals surface area contributed by atoms with Gasteiger partial charge in [-0.15, -0.1) is 0 Å². The molecule has 0 bridgehead atoms. The number of aromatic nitrogens is 2. The first-order chi connectivity index (χ1) is 13.1. The molecule has 1 aromatic heterocycles. The van der Waals surface area contributed by atoms with Crippen molar-refractivity contribution in [3.8, 4) is 16.9 Å². The molecule has 3 rings (SSSR count). The molecular formula is C22H26N4O. The largest absolute Gasteiger partial charge is 0.384 e. The van der Waals surface area contributed by atoms with Crippen LogP contribution < -0.4 is 11.1 Å². The Hall–Kier alpha value is -3.08. The van der Waals surface area contributed by atoms with Crippen LogP contribution in [0.15, 0.2) is 54.6 Å². The van der Waals surface area contributed by atoms with E-state index in [0.717, 1.165) is 36.2 Å². The van der Waals surface area contributed by atoms with Crippen molar-refractivity contribution < 1.29 is 4.79 Å². The van der Waals surface area contributed by atoms with Crippen molar-refractivity contribution in [2.75, 3.05) is 12.3 Å². The van der Waals surface area contributed by atoms with Crippen LogP contribution in [0.3, 0.4) is 0 Å². The summed E-state index contributed by atoms with van der Waals surface area (Å²) in [5, 5.41) is 7.58. The molecule has 0 saturated carbocycles. The molecule has 0 aliphatic carbocycles. The third-order valence-electron chi connectivity index (χ3n) is 4.49. The van der Waals surface area contributed by atoms with Crippen LogP contribution in [-0.2, 0) is 0 Å². The molecule has 1 heterocycles. The summed E-state index contributed by atoms with van der Waals surface area (Å²) in [6.45, 7) is 4.90.